The molecular weight excluding hydrogens is 221 g/mol. The van der Waals surface area contributed by atoms with Gasteiger partial charge in [-0.3, -0.25) is 14.4 Å². The van der Waals surface area contributed by atoms with E-state index in [1.54, 1.807) is 0 Å². The van der Waals surface area contributed by atoms with Crippen LogP contribution < -0.4 is 88.7 Å². The molecule has 0 saturated heterocycles. The second-order valence-corrected chi connectivity index (χ2v) is 1.66. The van der Waals surface area contributed by atoms with Gasteiger partial charge >= 0.3 is 107 Å². The zero-order chi connectivity index (χ0) is 8.69. The third-order valence-corrected chi connectivity index (χ3v) is 0.940. The first-order valence-corrected chi connectivity index (χ1v) is 2.90. The maximum atomic E-state index is 10.4. The summed E-state index contributed by atoms with van der Waals surface area (Å²) >= 11 is 0. The van der Waals surface area contributed by atoms with E-state index in [9.17, 15) is 14.4 Å². The van der Waals surface area contributed by atoms with Crippen LogP contribution in [0.1, 0.15) is 17.1 Å². The zero-order valence-electron chi connectivity index (χ0n) is 12.0. The van der Waals surface area contributed by atoms with Crippen LogP contribution in [0.5, 0.6) is 0 Å². The minimum absolute atomic E-state index is 0. The fourth-order valence-corrected chi connectivity index (χ4v) is 0.419. The van der Waals surface area contributed by atoms with Gasteiger partial charge in [0.1, 0.15) is 0 Å². The molecule has 0 aliphatic rings. The van der Waals surface area contributed by atoms with Crippen molar-refractivity contribution in [2.45, 2.75) is 12.8 Å². The van der Waals surface area contributed by atoms with Gasteiger partial charge in [-0.25, -0.2) is 0 Å². The molecule has 0 amide bonds. The predicted octanol–water partition coefficient (Wildman–Crippen LogP) is -9.01. The molecule has 0 aromatic heterocycles. The molecule has 0 rings (SSSR count). The standard InChI is InChI=1S/C6H8O5.3Na.3H/c1-10-5(8)2-3-6(9)11-4-7;;;;;;/h4H,2-3H2,1H3;;;;;;/q;3*+1;3*-1. The Kier molecular flexibility index (Phi) is 30.1. The van der Waals surface area contributed by atoms with Crippen molar-refractivity contribution < 1.29 is 117 Å². The Morgan fingerprint density at radius 1 is 1.14 bits per heavy atom. The van der Waals surface area contributed by atoms with E-state index in [4.69, 9.17) is 0 Å². The van der Waals surface area contributed by atoms with Gasteiger partial charge in [-0.1, -0.05) is 0 Å². The Morgan fingerprint density at radius 3 is 1.93 bits per heavy atom. The molecule has 14 heavy (non-hydrogen) atoms. The Labute approximate surface area is 153 Å². The van der Waals surface area contributed by atoms with Crippen LogP contribution in [0.4, 0.5) is 0 Å². The van der Waals surface area contributed by atoms with Gasteiger partial charge in [0.2, 0.25) is 0 Å². The molecule has 0 aliphatic heterocycles. The molecule has 0 aliphatic carbocycles. The maximum Gasteiger partial charge on any atom is 1.00 e. The van der Waals surface area contributed by atoms with Gasteiger partial charge in [0.15, 0.2) is 0 Å². The van der Waals surface area contributed by atoms with Crippen molar-refractivity contribution in [1.82, 2.24) is 0 Å². The van der Waals surface area contributed by atoms with Crippen LogP contribution in [0, 0.1) is 0 Å². The first-order valence-electron chi connectivity index (χ1n) is 2.90. The molecule has 8 heteroatoms. The van der Waals surface area contributed by atoms with Crippen molar-refractivity contribution >= 4 is 18.4 Å². The number of carbonyl (C=O) groups excluding carboxylic acids is 3. The van der Waals surface area contributed by atoms with Crippen molar-refractivity contribution in [1.29, 1.82) is 0 Å². The molecule has 0 fully saturated rings. The fourth-order valence-electron chi connectivity index (χ4n) is 0.419. The summed E-state index contributed by atoms with van der Waals surface area (Å²) in [5, 5.41) is 0. The SMILES string of the molecule is COC(=O)CCC(=O)OC=O.[H-].[H-].[H-].[Na+].[Na+].[Na+]. The summed E-state index contributed by atoms with van der Waals surface area (Å²) in [4.78, 5) is 30.4. The first-order chi connectivity index (χ1) is 5.20. The fraction of sp³-hybridized carbons (Fsp3) is 0.500. The van der Waals surface area contributed by atoms with Crippen molar-refractivity contribution in [2.24, 2.45) is 0 Å². The maximum absolute atomic E-state index is 10.4. The molecule has 0 heterocycles. The van der Waals surface area contributed by atoms with Gasteiger partial charge in [-0.15, -0.1) is 0 Å². The molecular formula is C6H11Na3O5. The first kappa shape index (κ1) is 24.7. The Bertz CT molecular complexity index is 184. The number of ether oxygens (including phenoxy) is 2. The van der Waals surface area contributed by atoms with E-state index < -0.39 is 11.9 Å². The van der Waals surface area contributed by atoms with Crippen LogP contribution in [0.15, 0.2) is 0 Å². The van der Waals surface area contributed by atoms with Crippen LogP contribution in [0.25, 0.3) is 0 Å². The smallest absolute Gasteiger partial charge is 1.00 e. The number of methoxy groups -OCH3 is 1. The van der Waals surface area contributed by atoms with Gasteiger partial charge in [-0.2, -0.15) is 0 Å². The van der Waals surface area contributed by atoms with Crippen molar-refractivity contribution in [2.75, 3.05) is 7.11 Å². The largest absolute Gasteiger partial charge is 1.00 e. The third-order valence-electron chi connectivity index (χ3n) is 0.940. The third kappa shape index (κ3) is 16.1. The topological polar surface area (TPSA) is 69.7 Å². The number of carbonyl (C=O) groups is 3. The van der Waals surface area contributed by atoms with E-state index in [0.29, 0.717) is 0 Å². The molecule has 5 nitrogen and oxygen atoms in total. The van der Waals surface area contributed by atoms with Gasteiger partial charge in [-0.05, 0) is 0 Å². The average Bonchev–Trinajstić information content (AvgIpc) is 2.01. The van der Waals surface area contributed by atoms with Crippen LogP contribution in [0.2, 0.25) is 0 Å². The van der Waals surface area contributed by atoms with E-state index in [1.165, 1.54) is 7.11 Å². The Balaban J connectivity index is -0.0000000333. The van der Waals surface area contributed by atoms with Gasteiger partial charge in [0.05, 0.1) is 20.0 Å². The minimum Gasteiger partial charge on any atom is -1.00 e. The molecule has 0 bridgehead atoms. The van der Waals surface area contributed by atoms with Crippen LogP contribution in [-0.4, -0.2) is 25.5 Å². The summed E-state index contributed by atoms with van der Waals surface area (Å²) in [7, 11) is 1.22. The van der Waals surface area contributed by atoms with Crippen LogP contribution in [0.3, 0.4) is 0 Å². The Morgan fingerprint density at radius 2 is 1.57 bits per heavy atom. The van der Waals surface area contributed by atoms with E-state index in [1.807, 2.05) is 0 Å². The molecule has 68 valence electrons. The molecule has 0 aromatic rings. The summed E-state index contributed by atoms with van der Waals surface area (Å²) < 4.78 is 8.15. The second kappa shape index (κ2) is 17.0. The molecule has 0 saturated carbocycles. The second-order valence-electron chi connectivity index (χ2n) is 1.66. The summed E-state index contributed by atoms with van der Waals surface area (Å²) in [6, 6.07) is 0. The average molecular weight is 232 g/mol. The van der Waals surface area contributed by atoms with E-state index >= 15 is 0 Å². The van der Waals surface area contributed by atoms with Gasteiger partial charge in [0.25, 0.3) is 0 Å². The van der Waals surface area contributed by atoms with Crippen molar-refractivity contribution in [3.8, 4) is 0 Å². The summed E-state index contributed by atoms with van der Waals surface area (Å²) in [6.07, 6.45) is -0.200. The quantitative estimate of drug-likeness (QED) is 0.208. The Hall–Kier alpha value is 1.61. The minimum atomic E-state index is -0.731. The van der Waals surface area contributed by atoms with Gasteiger partial charge in [0, 0.05) is 0 Å². The van der Waals surface area contributed by atoms with Crippen molar-refractivity contribution in [3.63, 3.8) is 0 Å². The normalized spacial score (nSPS) is 6.64. The number of esters is 2. The number of hydrogen-bond acceptors (Lipinski definition) is 5. The van der Waals surface area contributed by atoms with Crippen molar-refractivity contribution in [3.05, 3.63) is 0 Å². The summed E-state index contributed by atoms with van der Waals surface area (Å²) in [5.74, 6) is -1.24. The molecule has 0 aromatic carbocycles. The summed E-state index contributed by atoms with van der Waals surface area (Å²) in [6.45, 7) is 0.0274. The van der Waals surface area contributed by atoms with E-state index in [2.05, 4.69) is 9.47 Å². The number of rotatable bonds is 4. The molecule has 0 atom stereocenters. The molecule has 0 spiro atoms. The monoisotopic (exact) mass is 232 g/mol. The van der Waals surface area contributed by atoms with Gasteiger partial charge < -0.3 is 13.8 Å². The zero-order valence-corrected chi connectivity index (χ0v) is 15.0. The van der Waals surface area contributed by atoms with Crippen LogP contribution >= 0.6 is 0 Å². The van der Waals surface area contributed by atoms with E-state index in [-0.39, 0.29) is 112 Å². The molecule has 0 radical (unpaired) electrons. The van der Waals surface area contributed by atoms with Crippen LogP contribution in [-0.2, 0) is 23.9 Å². The summed E-state index contributed by atoms with van der Waals surface area (Å²) in [5.41, 5.74) is 0. The van der Waals surface area contributed by atoms with E-state index in [0.717, 1.165) is 0 Å². The predicted molar refractivity (Wildman–Crippen MR) is 36.7 cm³/mol. The number of hydrogen-bond donors (Lipinski definition) is 0. The molecule has 0 unspecified atom stereocenters. The molecule has 0 N–H and O–H groups in total.